The highest BCUT2D eigenvalue weighted by atomic mass is 35.5. The summed E-state index contributed by atoms with van der Waals surface area (Å²) in [6.45, 7) is 0. The summed E-state index contributed by atoms with van der Waals surface area (Å²) in [7, 11) is 0. The molecule has 0 N–H and O–H groups in total. The van der Waals surface area contributed by atoms with Gasteiger partial charge in [0.25, 0.3) is 0 Å². The van der Waals surface area contributed by atoms with Crippen molar-refractivity contribution in [3.8, 4) is 10.6 Å². The lowest BCUT2D eigenvalue weighted by molar-refractivity contribution is 1.33. The normalized spacial score (nSPS) is 10.1. The van der Waals surface area contributed by atoms with Crippen molar-refractivity contribution >= 4 is 23.1 Å². The fourth-order valence-electron chi connectivity index (χ4n) is 0.904. The van der Waals surface area contributed by atoms with E-state index in [1.54, 1.807) is 0 Å². The van der Waals surface area contributed by atoms with Gasteiger partial charge in [-0.3, -0.25) is 0 Å². The van der Waals surface area contributed by atoms with Gasteiger partial charge in [-0.25, -0.2) is 4.98 Å². The standard InChI is InChI=1S/C8H5ClN2S/c9-8-10-7(12-11-8)6-4-2-1-3-5-6/h1-5H. The summed E-state index contributed by atoms with van der Waals surface area (Å²) < 4.78 is 3.89. The second-order valence-corrected chi connectivity index (χ2v) is 3.32. The predicted octanol–water partition coefficient (Wildman–Crippen LogP) is 2.86. The Morgan fingerprint density at radius 1 is 1.17 bits per heavy atom. The van der Waals surface area contributed by atoms with Crippen molar-refractivity contribution in [2.75, 3.05) is 0 Å². The Balaban J connectivity index is 2.45. The van der Waals surface area contributed by atoms with Crippen LogP contribution in [0.15, 0.2) is 30.3 Å². The van der Waals surface area contributed by atoms with E-state index in [0.717, 1.165) is 10.6 Å². The van der Waals surface area contributed by atoms with E-state index in [1.165, 1.54) is 11.5 Å². The molecule has 0 bridgehead atoms. The highest BCUT2D eigenvalue weighted by Crippen LogP contribution is 2.21. The summed E-state index contributed by atoms with van der Waals surface area (Å²) in [5.41, 5.74) is 1.06. The summed E-state index contributed by atoms with van der Waals surface area (Å²) in [6, 6.07) is 9.86. The Hall–Kier alpha value is -0.930. The van der Waals surface area contributed by atoms with E-state index >= 15 is 0 Å². The molecule has 0 saturated carbocycles. The van der Waals surface area contributed by atoms with Crippen LogP contribution in [0.1, 0.15) is 0 Å². The summed E-state index contributed by atoms with van der Waals surface area (Å²) in [4.78, 5) is 4.05. The summed E-state index contributed by atoms with van der Waals surface area (Å²) in [5.74, 6) is 0. The van der Waals surface area contributed by atoms with Crippen molar-refractivity contribution in [2.45, 2.75) is 0 Å². The molecular formula is C8H5ClN2S. The van der Waals surface area contributed by atoms with Gasteiger partial charge in [0, 0.05) is 5.56 Å². The summed E-state index contributed by atoms with van der Waals surface area (Å²) in [5, 5.41) is 1.18. The molecule has 0 radical (unpaired) electrons. The minimum absolute atomic E-state index is 0.318. The van der Waals surface area contributed by atoms with Gasteiger partial charge in [0.05, 0.1) is 0 Å². The second-order valence-electron chi connectivity index (χ2n) is 2.23. The molecule has 4 heteroatoms. The fraction of sp³-hybridized carbons (Fsp3) is 0. The molecule has 1 aromatic carbocycles. The smallest absolute Gasteiger partial charge is 0.205 e. The molecule has 0 atom stereocenters. The molecule has 1 heterocycles. The molecule has 0 aliphatic rings. The third-order valence-corrected chi connectivity index (χ3v) is 2.46. The zero-order valence-electron chi connectivity index (χ0n) is 6.07. The molecule has 2 nitrogen and oxygen atoms in total. The maximum atomic E-state index is 5.60. The van der Waals surface area contributed by atoms with Gasteiger partial charge in [-0.1, -0.05) is 30.3 Å². The molecule has 2 aromatic rings. The van der Waals surface area contributed by atoms with E-state index in [-0.39, 0.29) is 0 Å². The Morgan fingerprint density at radius 3 is 2.50 bits per heavy atom. The quantitative estimate of drug-likeness (QED) is 0.701. The fourth-order valence-corrected chi connectivity index (χ4v) is 1.71. The van der Waals surface area contributed by atoms with Crippen LogP contribution in [0.25, 0.3) is 10.6 Å². The van der Waals surface area contributed by atoms with E-state index in [1.807, 2.05) is 30.3 Å². The Bertz CT molecular complexity index is 372. The van der Waals surface area contributed by atoms with E-state index in [2.05, 4.69) is 9.36 Å². The van der Waals surface area contributed by atoms with Crippen molar-refractivity contribution in [1.29, 1.82) is 0 Å². The van der Waals surface area contributed by atoms with Crippen LogP contribution in [-0.4, -0.2) is 9.36 Å². The van der Waals surface area contributed by atoms with Crippen molar-refractivity contribution in [3.63, 3.8) is 0 Å². The minimum atomic E-state index is 0.318. The summed E-state index contributed by atoms with van der Waals surface area (Å²) in [6.07, 6.45) is 0. The third kappa shape index (κ3) is 1.47. The van der Waals surface area contributed by atoms with Gasteiger partial charge in [0.1, 0.15) is 5.01 Å². The van der Waals surface area contributed by atoms with Crippen molar-refractivity contribution < 1.29 is 0 Å². The molecule has 0 unspecified atom stereocenters. The van der Waals surface area contributed by atoms with Crippen LogP contribution in [0, 0.1) is 0 Å². The highest BCUT2D eigenvalue weighted by molar-refractivity contribution is 7.09. The topological polar surface area (TPSA) is 25.8 Å². The van der Waals surface area contributed by atoms with Crippen LogP contribution in [-0.2, 0) is 0 Å². The van der Waals surface area contributed by atoms with Crippen molar-refractivity contribution in [2.24, 2.45) is 0 Å². The molecule has 2 rings (SSSR count). The Labute approximate surface area is 79.0 Å². The highest BCUT2D eigenvalue weighted by Gasteiger charge is 2.02. The molecule has 0 spiro atoms. The van der Waals surface area contributed by atoms with Gasteiger partial charge in [-0.2, -0.15) is 4.37 Å². The van der Waals surface area contributed by atoms with Crippen LogP contribution in [0.3, 0.4) is 0 Å². The molecular weight excluding hydrogens is 192 g/mol. The first-order valence-electron chi connectivity index (χ1n) is 3.41. The largest absolute Gasteiger partial charge is 0.234 e. The second kappa shape index (κ2) is 3.21. The van der Waals surface area contributed by atoms with E-state index in [4.69, 9.17) is 11.6 Å². The molecule has 0 aliphatic carbocycles. The number of benzene rings is 1. The Morgan fingerprint density at radius 2 is 1.92 bits per heavy atom. The van der Waals surface area contributed by atoms with Gasteiger partial charge < -0.3 is 0 Å². The van der Waals surface area contributed by atoms with Crippen LogP contribution in [0.4, 0.5) is 0 Å². The number of halogens is 1. The summed E-state index contributed by atoms with van der Waals surface area (Å²) >= 11 is 6.91. The molecule has 1 aromatic heterocycles. The van der Waals surface area contributed by atoms with Gasteiger partial charge in [0.2, 0.25) is 5.28 Å². The number of rotatable bonds is 1. The number of hydrogen-bond donors (Lipinski definition) is 0. The monoisotopic (exact) mass is 196 g/mol. The van der Waals surface area contributed by atoms with Crippen LogP contribution < -0.4 is 0 Å². The zero-order valence-corrected chi connectivity index (χ0v) is 7.64. The molecule has 0 aliphatic heterocycles. The maximum absolute atomic E-state index is 5.60. The first kappa shape index (κ1) is 7.71. The maximum Gasteiger partial charge on any atom is 0.234 e. The molecule has 0 saturated heterocycles. The predicted molar refractivity (Wildman–Crippen MR) is 50.4 cm³/mol. The first-order chi connectivity index (χ1) is 5.86. The number of nitrogens with zero attached hydrogens (tertiary/aromatic N) is 2. The SMILES string of the molecule is Clc1nsc(-c2ccccc2)n1. The zero-order chi connectivity index (χ0) is 8.39. The number of hydrogen-bond acceptors (Lipinski definition) is 3. The Kier molecular flexibility index (Phi) is 2.06. The minimum Gasteiger partial charge on any atom is -0.205 e. The van der Waals surface area contributed by atoms with Gasteiger partial charge >= 0.3 is 0 Å². The van der Waals surface area contributed by atoms with Crippen molar-refractivity contribution in [3.05, 3.63) is 35.6 Å². The first-order valence-corrected chi connectivity index (χ1v) is 4.56. The van der Waals surface area contributed by atoms with E-state index < -0.39 is 0 Å². The molecule has 60 valence electrons. The molecule has 0 amide bonds. The van der Waals surface area contributed by atoms with Gasteiger partial charge in [-0.15, -0.1) is 0 Å². The van der Waals surface area contributed by atoms with Gasteiger partial charge in [0.15, 0.2) is 0 Å². The van der Waals surface area contributed by atoms with Gasteiger partial charge in [-0.05, 0) is 23.1 Å². The average molecular weight is 197 g/mol. The average Bonchev–Trinajstić information content (AvgIpc) is 2.54. The van der Waals surface area contributed by atoms with Crippen molar-refractivity contribution in [1.82, 2.24) is 9.36 Å². The molecule has 0 fully saturated rings. The van der Waals surface area contributed by atoms with Crippen LogP contribution in [0.5, 0.6) is 0 Å². The molecule has 12 heavy (non-hydrogen) atoms. The van der Waals surface area contributed by atoms with E-state index in [9.17, 15) is 0 Å². The van der Waals surface area contributed by atoms with Crippen LogP contribution in [0.2, 0.25) is 5.28 Å². The van der Waals surface area contributed by atoms with Crippen LogP contribution >= 0.6 is 23.1 Å². The lowest BCUT2D eigenvalue weighted by Crippen LogP contribution is -1.72. The lowest BCUT2D eigenvalue weighted by Gasteiger charge is -1.90. The van der Waals surface area contributed by atoms with E-state index in [0.29, 0.717) is 5.28 Å². The third-order valence-electron chi connectivity index (χ3n) is 1.42. The lowest BCUT2D eigenvalue weighted by atomic mass is 10.2. The number of aromatic nitrogens is 2.